The molecule has 7 nitrogen and oxygen atoms in total. The van der Waals surface area contributed by atoms with E-state index < -0.39 is 17.4 Å². The van der Waals surface area contributed by atoms with Crippen LogP contribution in [-0.2, 0) is 25.4 Å². The van der Waals surface area contributed by atoms with Gasteiger partial charge in [-0.2, -0.15) is 15.0 Å². The molecule has 1 heterocycles. The molecule has 0 amide bonds. The number of carbonyl (C=O) groups is 1. The van der Waals surface area contributed by atoms with Crippen LogP contribution in [-0.4, -0.2) is 46.1 Å². The Morgan fingerprint density at radius 2 is 1.74 bits per heavy atom. The van der Waals surface area contributed by atoms with Gasteiger partial charge in [-0.05, 0) is 50.1 Å². The maximum absolute atomic E-state index is 12.4. The molecule has 1 atom stereocenters. The molecule has 0 aliphatic heterocycles. The highest BCUT2D eigenvalue weighted by atomic mass is 16.7. The van der Waals surface area contributed by atoms with Gasteiger partial charge in [0.2, 0.25) is 0 Å². The van der Waals surface area contributed by atoms with Crippen molar-refractivity contribution in [2.75, 3.05) is 13.7 Å². The van der Waals surface area contributed by atoms with Crippen molar-refractivity contribution >= 4 is 11.5 Å². The van der Waals surface area contributed by atoms with Crippen LogP contribution >= 0.6 is 0 Å². The van der Waals surface area contributed by atoms with E-state index in [1.54, 1.807) is 18.6 Å². The van der Waals surface area contributed by atoms with Crippen LogP contribution in [0.4, 0.5) is 0 Å². The zero-order chi connectivity index (χ0) is 24.9. The van der Waals surface area contributed by atoms with Gasteiger partial charge in [-0.25, -0.2) is 4.79 Å². The molecular weight excluding hydrogens is 442 g/mol. The van der Waals surface area contributed by atoms with Gasteiger partial charge in [-0.1, -0.05) is 60.7 Å². The highest BCUT2D eigenvalue weighted by molar-refractivity contribution is 5.78. The molecule has 182 valence electrons. The molecule has 1 aromatic heterocycles. The topological polar surface area (TPSA) is 75.5 Å². The lowest BCUT2D eigenvalue weighted by Gasteiger charge is -2.39. The predicted molar refractivity (Wildman–Crippen MR) is 134 cm³/mol. The van der Waals surface area contributed by atoms with Gasteiger partial charge in [0.1, 0.15) is 0 Å². The minimum atomic E-state index is -1.20. The number of ether oxygens (including phenoxy) is 3. The number of esters is 1. The normalized spacial score (nSPS) is 17.8. The summed E-state index contributed by atoms with van der Waals surface area (Å²) in [4.78, 5) is 14.0. The molecule has 0 spiro atoms. The summed E-state index contributed by atoms with van der Waals surface area (Å²) >= 11 is 0. The van der Waals surface area contributed by atoms with E-state index >= 15 is 0 Å². The number of para-hydroxylation sites is 1. The second kappa shape index (κ2) is 10.4. The number of methoxy groups -OCH3 is 1. The van der Waals surface area contributed by atoms with Crippen molar-refractivity contribution in [3.63, 3.8) is 0 Å². The van der Waals surface area contributed by atoms with E-state index in [1.165, 1.54) is 7.11 Å². The van der Waals surface area contributed by atoms with Crippen molar-refractivity contribution < 1.29 is 19.0 Å². The summed E-state index contributed by atoms with van der Waals surface area (Å²) in [6.07, 6.45) is 6.80. The molecular formula is C28H31N3O4. The van der Waals surface area contributed by atoms with Gasteiger partial charge in [-0.3, -0.25) is 0 Å². The highest BCUT2D eigenvalue weighted by Gasteiger charge is 2.42. The van der Waals surface area contributed by atoms with Crippen molar-refractivity contribution in [3.8, 4) is 5.69 Å². The van der Waals surface area contributed by atoms with E-state index in [9.17, 15) is 4.79 Å². The number of aryl methyl sites for hydroxylation is 1. The maximum atomic E-state index is 12.4. The van der Waals surface area contributed by atoms with Crippen molar-refractivity contribution in [1.29, 1.82) is 0 Å². The van der Waals surface area contributed by atoms with Gasteiger partial charge >= 0.3 is 5.97 Å². The monoisotopic (exact) mass is 473 g/mol. The summed E-state index contributed by atoms with van der Waals surface area (Å²) in [6, 6.07) is 19.9. The van der Waals surface area contributed by atoms with Gasteiger partial charge in [0.25, 0.3) is 0 Å². The molecule has 0 saturated carbocycles. The quantitative estimate of drug-likeness (QED) is 0.327. The number of rotatable bonds is 9. The maximum Gasteiger partial charge on any atom is 0.337 e. The molecule has 0 radical (unpaired) electrons. The van der Waals surface area contributed by atoms with Crippen LogP contribution in [0.3, 0.4) is 0 Å². The Kier molecular flexibility index (Phi) is 7.28. The summed E-state index contributed by atoms with van der Waals surface area (Å²) in [5.74, 6) is -1.60. The average molecular weight is 474 g/mol. The Morgan fingerprint density at radius 1 is 1.06 bits per heavy atom. The third-order valence-electron chi connectivity index (χ3n) is 5.88. The van der Waals surface area contributed by atoms with Gasteiger partial charge in [0.15, 0.2) is 11.4 Å². The zero-order valence-electron chi connectivity index (χ0n) is 20.6. The lowest BCUT2D eigenvalue weighted by molar-refractivity contribution is -0.254. The molecule has 3 aromatic rings. The van der Waals surface area contributed by atoms with Crippen LogP contribution in [0.5, 0.6) is 0 Å². The molecule has 35 heavy (non-hydrogen) atoms. The Balaban J connectivity index is 1.53. The number of hydrogen-bond acceptors (Lipinski definition) is 6. The Hall–Kier alpha value is -3.55. The summed E-state index contributed by atoms with van der Waals surface area (Å²) in [5, 5.41) is 9.19. The highest BCUT2D eigenvalue weighted by Crippen LogP contribution is 2.37. The molecule has 4 rings (SSSR count). The number of carbonyl (C=O) groups excluding carboxylic acids is 1. The van der Waals surface area contributed by atoms with Gasteiger partial charge in [-0.15, -0.1) is 0 Å². The van der Waals surface area contributed by atoms with Crippen LogP contribution in [0.2, 0.25) is 0 Å². The van der Waals surface area contributed by atoms with Gasteiger partial charge in [0.05, 0.1) is 30.8 Å². The fourth-order valence-corrected chi connectivity index (χ4v) is 4.10. The fraction of sp³-hybridized carbons (Fsp3) is 0.321. The first-order valence-corrected chi connectivity index (χ1v) is 11.7. The first kappa shape index (κ1) is 24.6. The van der Waals surface area contributed by atoms with Crippen molar-refractivity contribution in [1.82, 2.24) is 15.0 Å². The lowest BCUT2D eigenvalue weighted by Crippen LogP contribution is -2.48. The summed E-state index contributed by atoms with van der Waals surface area (Å²) < 4.78 is 17.7. The lowest BCUT2D eigenvalue weighted by atomic mass is 9.92. The first-order chi connectivity index (χ1) is 16.8. The molecule has 2 aromatic carbocycles. The van der Waals surface area contributed by atoms with E-state index in [0.29, 0.717) is 19.4 Å². The third-order valence-corrected chi connectivity index (χ3v) is 5.88. The van der Waals surface area contributed by atoms with Crippen LogP contribution < -0.4 is 0 Å². The fourth-order valence-electron chi connectivity index (χ4n) is 4.10. The smallest absolute Gasteiger partial charge is 0.337 e. The molecule has 0 bridgehead atoms. The molecule has 7 heteroatoms. The van der Waals surface area contributed by atoms with Crippen molar-refractivity contribution in [3.05, 3.63) is 95.8 Å². The van der Waals surface area contributed by atoms with Crippen LogP contribution in [0, 0.1) is 6.92 Å². The Bertz CT molecular complexity index is 1220. The Morgan fingerprint density at radius 3 is 2.43 bits per heavy atom. The van der Waals surface area contributed by atoms with E-state index in [1.807, 2.05) is 85.8 Å². The SMILES string of the molecule is COC(=O)C(C)(C)OC1(OCCc2nn(-c3ccccc3)nc2C)C=CC=C(c2ccccc2)C1. The molecule has 1 unspecified atom stereocenters. The van der Waals surface area contributed by atoms with Crippen molar-refractivity contribution in [2.24, 2.45) is 0 Å². The number of benzene rings is 2. The summed E-state index contributed by atoms with van der Waals surface area (Å²) in [7, 11) is 1.35. The van der Waals surface area contributed by atoms with Crippen LogP contribution in [0.1, 0.15) is 37.2 Å². The van der Waals surface area contributed by atoms with Gasteiger partial charge < -0.3 is 14.2 Å². The number of allylic oxidation sites excluding steroid dienone is 2. The standard InChI is InChI=1S/C28H31N3O4/c1-21-25(30-31(29-21)24-15-9-6-10-16-24)17-19-34-28(35-27(2,3)26(32)33-4)18-11-14-23(20-28)22-12-7-5-8-13-22/h5-16,18H,17,19-20H2,1-4H3. The Labute approximate surface area is 206 Å². The molecule has 1 aliphatic rings. The molecule has 0 N–H and O–H groups in total. The molecule has 0 saturated heterocycles. The van der Waals surface area contributed by atoms with E-state index in [2.05, 4.69) is 10.2 Å². The van der Waals surface area contributed by atoms with E-state index in [0.717, 1.165) is 28.2 Å². The van der Waals surface area contributed by atoms with Gasteiger partial charge in [0, 0.05) is 12.8 Å². The zero-order valence-corrected chi connectivity index (χ0v) is 20.6. The number of nitrogens with zero attached hydrogens (tertiary/aromatic N) is 3. The first-order valence-electron chi connectivity index (χ1n) is 11.7. The van der Waals surface area contributed by atoms with Crippen molar-refractivity contribution in [2.45, 2.75) is 45.0 Å². The predicted octanol–water partition coefficient (Wildman–Crippen LogP) is 4.84. The second-order valence-electron chi connectivity index (χ2n) is 8.97. The molecule has 0 fully saturated rings. The summed E-state index contributed by atoms with van der Waals surface area (Å²) in [6.45, 7) is 5.64. The third kappa shape index (κ3) is 5.75. The van der Waals surface area contributed by atoms with E-state index in [-0.39, 0.29) is 0 Å². The minimum Gasteiger partial charge on any atom is -0.467 e. The number of aromatic nitrogens is 3. The molecule has 1 aliphatic carbocycles. The largest absolute Gasteiger partial charge is 0.467 e. The minimum absolute atomic E-state index is 0.331. The second-order valence-corrected chi connectivity index (χ2v) is 8.97. The van der Waals surface area contributed by atoms with Crippen LogP contribution in [0.15, 0.2) is 78.9 Å². The average Bonchev–Trinajstić information content (AvgIpc) is 3.24. The number of hydrogen-bond donors (Lipinski definition) is 0. The van der Waals surface area contributed by atoms with Crippen LogP contribution in [0.25, 0.3) is 11.3 Å². The van der Waals surface area contributed by atoms with E-state index in [4.69, 9.17) is 14.2 Å². The summed E-state index contributed by atoms with van der Waals surface area (Å²) in [5.41, 5.74) is 3.51.